The van der Waals surface area contributed by atoms with E-state index in [0.717, 1.165) is 13.0 Å². The van der Waals surface area contributed by atoms with Crippen molar-refractivity contribution < 1.29 is 9.53 Å². The van der Waals surface area contributed by atoms with Gasteiger partial charge in [-0.25, -0.2) is 0 Å². The van der Waals surface area contributed by atoms with Gasteiger partial charge in [0.15, 0.2) is 0 Å². The Morgan fingerprint density at radius 3 is 2.64 bits per heavy atom. The third-order valence-corrected chi connectivity index (χ3v) is 1.18. The fourth-order valence-corrected chi connectivity index (χ4v) is 0.626. The fourth-order valence-electron chi connectivity index (χ4n) is 0.626. The Bertz CT molecular complexity index is 115. The third kappa shape index (κ3) is 7.29. The van der Waals surface area contributed by atoms with E-state index in [-0.39, 0.29) is 12.5 Å². The van der Waals surface area contributed by atoms with Gasteiger partial charge in [-0.2, -0.15) is 0 Å². The van der Waals surface area contributed by atoms with Gasteiger partial charge in [0.2, 0.25) is 0 Å². The summed E-state index contributed by atoms with van der Waals surface area (Å²) in [6.45, 7) is 1.37. The second-order valence-corrected chi connectivity index (χ2v) is 2.58. The van der Waals surface area contributed by atoms with Crippen molar-refractivity contribution >= 4 is 5.97 Å². The molecule has 0 rings (SSSR count). The van der Waals surface area contributed by atoms with Crippen LogP contribution in [0.3, 0.4) is 0 Å². The maximum atomic E-state index is 10.5. The molecule has 0 aromatic heterocycles. The first kappa shape index (κ1) is 10.4. The molecule has 0 aliphatic heterocycles. The Labute approximate surface area is 67.3 Å². The van der Waals surface area contributed by atoms with Crippen LogP contribution >= 0.6 is 0 Å². The molecular weight excluding hydrogens is 144 g/mol. The van der Waals surface area contributed by atoms with E-state index in [1.54, 1.807) is 0 Å². The van der Waals surface area contributed by atoms with Gasteiger partial charge in [-0.1, -0.05) is 0 Å². The molecule has 4 nitrogen and oxygen atoms in total. The molecule has 0 amide bonds. The van der Waals surface area contributed by atoms with E-state index < -0.39 is 0 Å². The summed E-state index contributed by atoms with van der Waals surface area (Å²) in [5, 5.41) is 0. The molecular formula is C7H16N2O2. The van der Waals surface area contributed by atoms with Gasteiger partial charge in [-0.15, -0.1) is 0 Å². The molecule has 0 fully saturated rings. The maximum absolute atomic E-state index is 10.5. The van der Waals surface area contributed by atoms with Crippen molar-refractivity contribution in [3.8, 4) is 0 Å². The van der Waals surface area contributed by atoms with Crippen molar-refractivity contribution in [1.82, 2.24) is 4.90 Å². The van der Waals surface area contributed by atoms with Gasteiger partial charge in [0.25, 0.3) is 0 Å². The molecule has 0 bridgehead atoms. The van der Waals surface area contributed by atoms with E-state index in [9.17, 15) is 4.79 Å². The van der Waals surface area contributed by atoms with Gasteiger partial charge in [-0.05, 0) is 20.5 Å². The number of hydrogen-bond donors (Lipinski definition) is 1. The van der Waals surface area contributed by atoms with Crippen LogP contribution in [0, 0.1) is 0 Å². The van der Waals surface area contributed by atoms with Crippen molar-refractivity contribution in [3.63, 3.8) is 0 Å². The van der Waals surface area contributed by atoms with Crippen LogP contribution in [0.15, 0.2) is 0 Å². The van der Waals surface area contributed by atoms with Crippen LogP contribution < -0.4 is 5.73 Å². The summed E-state index contributed by atoms with van der Waals surface area (Å²) in [6, 6.07) is 0. The summed E-state index contributed by atoms with van der Waals surface area (Å²) in [6.07, 6.45) is 0.860. The van der Waals surface area contributed by atoms with Crippen molar-refractivity contribution in [2.75, 3.05) is 33.8 Å². The Kier molecular flexibility index (Phi) is 5.78. The lowest BCUT2D eigenvalue weighted by atomic mass is 10.4. The summed E-state index contributed by atoms with van der Waals surface area (Å²) in [7, 11) is 3.95. The number of rotatable bonds is 5. The number of nitrogens with two attached hydrogens (primary N) is 1. The summed E-state index contributed by atoms with van der Waals surface area (Å²) in [5.41, 5.74) is 5.03. The van der Waals surface area contributed by atoms with E-state index in [2.05, 4.69) is 0 Å². The first-order chi connectivity index (χ1) is 5.16. The molecule has 0 aromatic rings. The Morgan fingerprint density at radius 2 is 2.18 bits per heavy atom. The summed E-state index contributed by atoms with van der Waals surface area (Å²) in [5.74, 6) is -0.330. The van der Waals surface area contributed by atoms with Gasteiger partial charge < -0.3 is 15.4 Å². The molecule has 0 unspecified atom stereocenters. The molecule has 66 valence electrons. The highest BCUT2D eigenvalue weighted by Crippen LogP contribution is 1.85. The first-order valence-electron chi connectivity index (χ1n) is 3.67. The van der Waals surface area contributed by atoms with E-state index in [4.69, 9.17) is 10.5 Å². The smallest absolute Gasteiger partial charge is 0.319 e. The number of hydrogen-bond acceptors (Lipinski definition) is 4. The molecule has 4 heteroatoms. The Hall–Kier alpha value is -0.610. The highest BCUT2D eigenvalue weighted by Gasteiger charge is 1.97. The quantitative estimate of drug-likeness (QED) is 0.432. The first-order valence-corrected chi connectivity index (χ1v) is 3.67. The van der Waals surface area contributed by atoms with Crippen LogP contribution in [-0.4, -0.2) is 44.7 Å². The zero-order valence-corrected chi connectivity index (χ0v) is 7.17. The van der Waals surface area contributed by atoms with Crippen LogP contribution in [-0.2, 0) is 9.53 Å². The van der Waals surface area contributed by atoms with Gasteiger partial charge >= 0.3 is 5.97 Å². The lowest BCUT2D eigenvalue weighted by Gasteiger charge is -2.08. The van der Waals surface area contributed by atoms with Gasteiger partial charge in [0.05, 0.1) is 13.2 Å². The molecule has 0 saturated carbocycles. The van der Waals surface area contributed by atoms with Crippen LogP contribution in [0.5, 0.6) is 0 Å². The van der Waals surface area contributed by atoms with Gasteiger partial charge in [-0.3, -0.25) is 4.79 Å². The van der Waals surface area contributed by atoms with Crippen LogP contribution in [0.1, 0.15) is 6.42 Å². The summed E-state index contributed by atoms with van der Waals surface area (Å²) in [4.78, 5) is 12.5. The normalized spacial score (nSPS) is 10.2. The monoisotopic (exact) mass is 160 g/mol. The third-order valence-electron chi connectivity index (χ3n) is 1.18. The molecule has 0 heterocycles. The molecule has 0 spiro atoms. The molecule has 11 heavy (non-hydrogen) atoms. The average Bonchev–Trinajstić information content (AvgIpc) is 1.97. The fraction of sp³-hybridized carbons (Fsp3) is 0.857. The minimum Gasteiger partial charge on any atom is -0.465 e. The predicted molar refractivity (Wildman–Crippen MR) is 43.2 cm³/mol. The Balaban J connectivity index is 3.08. The minimum atomic E-state index is -0.330. The highest BCUT2D eigenvalue weighted by atomic mass is 16.5. The zero-order chi connectivity index (χ0) is 8.69. The standard InChI is InChI=1S/C7H16N2O2/c1-9(2)4-3-5-11-7(10)6-8/h3-6,8H2,1-2H3. The topological polar surface area (TPSA) is 55.6 Å². The number of carbonyl (C=O) groups is 1. The molecule has 0 radical (unpaired) electrons. The van der Waals surface area contributed by atoms with Crippen molar-refractivity contribution in [2.45, 2.75) is 6.42 Å². The number of nitrogens with zero attached hydrogens (tertiary/aromatic N) is 1. The van der Waals surface area contributed by atoms with Crippen LogP contribution in [0.2, 0.25) is 0 Å². The van der Waals surface area contributed by atoms with Crippen LogP contribution in [0.25, 0.3) is 0 Å². The molecule has 0 atom stereocenters. The number of carbonyl (C=O) groups excluding carboxylic acids is 1. The van der Waals surface area contributed by atoms with E-state index in [1.165, 1.54) is 0 Å². The van der Waals surface area contributed by atoms with E-state index in [1.807, 2.05) is 19.0 Å². The number of esters is 1. The summed E-state index contributed by atoms with van der Waals surface area (Å²) < 4.78 is 4.75. The van der Waals surface area contributed by atoms with E-state index in [0.29, 0.717) is 6.61 Å². The van der Waals surface area contributed by atoms with Crippen molar-refractivity contribution in [3.05, 3.63) is 0 Å². The molecule has 0 aliphatic rings. The molecule has 0 aromatic carbocycles. The van der Waals surface area contributed by atoms with E-state index >= 15 is 0 Å². The predicted octanol–water partition coefficient (Wildman–Crippen LogP) is -0.560. The van der Waals surface area contributed by atoms with Gasteiger partial charge in [0.1, 0.15) is 0 Å². The van der Waals surface area contributed by atoms with Crippen LogP contribution in [0.4, 0.5) is 0 Å². The molecule has 0 saturated heterocycles. The number of ether oxygens (including phenoxy) is 1. The average molecular weight is 160 g/mol. The molecule has 0 aliphatic carbocycles. The van der Waals surface area contributed by atoms with Gasteiger partial charge in [0, 0.05) is 6.54 Å². The zero-order valence-electron chi connectivity index (χ0n) is 7.17. The second-order valence-electron chi connectivity index (χ2n) is 2.58. The Morgan fingerprint density at radius 1 is 1.55 bits per heavy atom. The minimum absolute atomic E-state index is 0.0258. The van der Waals surface area contributed by atoms with Crippen molar-refractivity contribution in [2.24, 2.45) is 5.73 Å². The lowest BCUT2D eigenvalue weighted by Crippen LogP contribution is -2.20. The highest BCUT2D eigenvalue weighted by molar-refractivity contribution is 5.71. The second kappa shape index (κ2) is 6.12. The SMILES string of the molecule is CN(C)CCCOC(=O)CN. The van der Waals surface area contributed by atoms with Crippen molar-refractivity contribution in [1.29, 1.82) is 0 Å². The largest absolute Gasteiger partial charge is 0.465 e. The maximum Gasteiger partial charge on any atom is 0.319 e. The lowest BCUT2D eigenvalue weighted by molar-refractivity contribution is -0.142. The molecule has 2 N–H and O–H groups in total. The summed E-state index contributed by atoms with van der Waals surface area (Å²) >= 11 is 0.